The summed E-state index contributed by atoms with van der Waals surface area (Å²) < 4.78 is 1.20. The predicted molar refractivity (Wildman–Crippen MR) is 97.5 cm³/mol. The second kappa shape index (κ2) is 6.33. The Bertz CT molecular complexity index is 539. The molecule has 2 aliphatic rings. The van der Waals surface area contributed by atoms with Gasteiger partial charge >= 0.3 is 0 Å². The van der Waals surface area contributed by atoms with Crippen LogP contribution in [0.5, 0.6) is 0 Å². The van der Waals surface area contributed by atoms with Gasteiger partial charge in [0.2, 0.25) is 0 Å². The van der Waals surface area contributed by atoms with E-state index in [1.165, 1.54) is 53.5 Å². The molecule has 1 fully saturated rings. The molecule has 0 amide bonds. The maximum Gasteiger partial charge on any atom is 0.161 e. The normalized spacial score (nSPS) is 21.2. The molecule has 1 spiro atoms. The van der Waals surface area contributed by atoms with Gasteiger partial charge in [0.25, 0.3) is 0 Å². The van der Waals surface area contributed by atoms with Gasteiger partial charge in [-0.3, -0.25) is 4.99 Å². The van der Waals surface area contributed by atoms with Crippen LogP contribution in [0.25, 0.3) is 0 Å². The fourth-order valence-electron chi connectivity index (χ4n) is 3.37. The Balaban J connectivity index is 1.69. The maximum atomic E-state index is 4.84. The molecule has 4 heteroatoms. The van der Waals surface area contributed by atoms with Gasteiger partial charge in [0, 0.05) is 22.5 Å². The molecule has 1 saturated carbocycles. The minimum absolute atomic E-state index is 0.500. The number of hydrogen-bond acceptors (Lipinski definition) is 3. The minimum Gasteiger partial charge on any atom is -0.335 e. The van der Waals surface area contributed by atoms with Gasteiger partial charge in [-0.15, -0.1) is 0 Å². The highest BCUT2D eigenvalue weighted by atomic mass is 79.9. The van der Waals surface area contributed by atoms with Crippen molar-refractivity contribution in [3.8, 4) is 0 Å². The molecule has 1 N–H and O–H groups in total. The molecule has 0 saturated heterocycles. The maximum absolute atomic E-state index is 4.84. The lowest BCUT2D eigenvalue weighted by molar-refractivity contribution is 0.232. The molecule has 21 heavy (non-hydrogen) atoms. The van der Waals surface area contributed by atoms with Crippen molar-refractivity contribution in [3.63, 3.8) is 0 Å². The number of hydrogen-bond donors (Lipinski definition) is 1. The van der Waals surface area contributed by atoms with Gasteiger partial charge < -0.3 is 5.32 Å². The second-order valence-electron chi connectivity index (χ2n) is 6.52. The number of aliphatic imine (C=N–C) groups is 1. The minimum atomic E-state index is 0.500. The summed E-state index contributed by atoms with van der Waals surface area (Å²) in [5, 5.41) is 4.59. The molecule has 0 atom stereocenters. The summed E-state index contributed by atoms with van der Waals surface area (Å²) in [6.45, 7) is 5.28. The molecule has 114 valence electrons. The van der Waals surface area contributed by atoms with Gasteiger partial charge in [0.05, 0.1) is 0 Å². The van der Waals surface area contributed by atoms with Gasteiger partial charge in [-0.25, -0.2) is 0 Å². The molecule has 1 aromatic carbocycles. The Morgan fingerprint density at radius 1 is 1.14 bits per heavy atom. The molecule has 2 nitrogen and oxygen atoms in total. The van der Waals surface area contributed by atoms with Crippen molar-refractivity contribution in [1.82, 2.24) is 0 Å². The van der Waals surface area contributed by atoms with E-state index in [2.05, 4.69) is 47.2 Å². The summed E-state index contributed by atoms with van der Waals surface area (Å²) in [5.41, 5.74) is 4.18. The highest BCUT2D eigenvalue weighted by Gasteiger charge is 2.34. The fraction of sp³-hybridized carbons (Fsp3) is 0.588. The lowest BCUT2D eigenvalue weighted by Crippen LogP contribution is -2.35. The Hall–Kier alpha value is -0.480. The van der Waals surface area contributed by atoms with Crippen molar-refractivity contribution in [3.05, 3.63) is 27.7 Å². The molecule has 1 aliphatic carbocycles. The summed E-state index contributed by atoms with van der Waals surface area (Å²) in [6.07, 6.45) is 6.94. The smallest absolute Gasteiger partial charge is 0.161 e. The summed E-state index contributed by atoms with van der Waals surface area (Å²) >= 11 is 5.53. The summed E-state index contributed by atoms with van der Waals surface area (Å²) in [6, 6.07) is 4.37. The molecular formula is C17H23BrN2S. The van der Waals surface area contributed by atoms with E-state index in [0.29, 0.717) is 5.41 Å². The Kier molecular flexibility index (Phi) is 4.65. The number of aryl methyl sites for hydroxylation is 2. The van der Waals surface area contributed by atoms with Gasteiger partial charge in [-0.05, 0) is 55.4 Å². The highest BCUT2D eigenvalue weighted by molar-refractivity contribution is 9.10. The third kappa shape index (κ3) is 3.48. The quantitative estimate of drug-likeness (QED) is 0.706. The standard InChI is InChI=1S/C17H23BrN2S/c1-12-8-14(9-13(2)15(12)18)20-16-19-10-17(11-21-16)6-4-3-5-7-17/h8-9H,3-7,10-11H2,1-2H3,(H,19,20). The Morgan fingerprint density at radius 3 is 2.38 bits per heavy atom. The molecule has 1 heterocycles. The number of thioether (sulfide) groups is 1. The number of rotatable bonds is 1. The van der Waals surface area contributed by atoms with E-state index in [9.17, 15) is 0 Å². The number of amidine groups is 1. The topological polar surface area (TPSA) is 24.4 Å². The first-order valence-electron chi connectivity index (χ1n) is 7.79. The van der Waals surface area contributed by atoms with Crippen molar-refractivity contribution < 1.29 is 0 Å². The third-order valence-electron chi connectivity index (χ3n) is 4.68. The molecule has 0 aromatic heterocycles. The van der Waals surface area contributed by atoms with Crippen LogP contribution in [-0.4, -0.2) is 17.5 Å². The lowest BCUT2D eigenvalue weighted by Gasteiger charge is -2.38. The van der Waals surface area contributed by atoms with Crippen LogP contribution in [0.2, 0.25) is 0 Å². The zero-order chi connectivity index (χ0) is 14.9. The van der Waals surface area contributed by atoms with E-state index in [0.717, 1.165) is 17.4 Å². The predicted octanol–water partition coefficient (Wildman–Crippen LogP) is 5.53. The van der Waals surface area contributed by atoms with E-state index in [1.807, 2.05) is 11.8 Å². The van der Waals surface area contributed by atoms with Crippen LogP contribution in [0.15, 0.2) is 21.6 Å². The van der Waals surface area contributed by atoms with Crippen molar-refractivity contribution in [1.29, 1.82) is 0 Å². The van der Waals surface area contributed by atoms with Crippen molar-refractivity contribution in [2.24, 2.45) is 10.4 Å². The van der Waals surface area contributed by atoms with Crippen LogP contribution in [0, 0.1) is 19.3 Å². The summed E-state index contributed by atoms with van der Waals surface area (Å²) in [5.74, 6) is 1.23. The zero-order valence-electron chi connectivity index (χ0n) is 12.8. The first-order valence-corrected chi connectivity index (χ1v) is 9.57. The van der Waals surface area contributed by atoms with Gasteiger partial charge in [0.15, 0.2) is 5.17 Å². The Morgan fingerprint density at radius 2 is 1.81 bits per heavy atom. The number of halogens is 1. The SMILES string of the molecule is Cc1cc(NC2=NCC3(CCCCC3)CS2)cc(C)c1Br. The zero-order valence-corrected chi connectivity index (χ0v) is 15.2. The highest BCUT2D eigenvalue weighted by Crippen LogP contribution is 2.42. The lowest BCUT2D eigenvalue weighted by atomic mass is 9.75. The van der Waals surface area contributed by atoms with E-state index in [4.69, 9.17) is 4.99 Å². The van der Waals surface area contributed by atoms with Crippen LogP contribution >= 0.6 is 27.7 Å². The van der Waals surface area contributed by atoms with E-state index in [1.54, 1.807) is 0 Å². The van der Waals surface area contributed by atoms with Crippen LogP contribution < -0.4 is 5.32 Å². The van der Waals surface area contributed by atoms with Crippen molar-refractivity contribution >= 4 is 38.5 Å². The van der Waals surface area contributed by atoms with Crippen molar-refractivity contribution in [2.45, 2.75) is 46.0 Å². The van der Waals surface area contributed by atoms with Gasteiger partial charge in [-0.1, -0.05) is 47.0 Å². The molecule has 0 radical (unpaired) electrons. The number of nitrogens with one attached hydrogen (secondary N) is 1. The molecule has 3 rings (SSSR count). The second-order valence-corrected chi connectivity index (χ2v) is 8.28. The van der Waals surface area contributed by atoms with Gasteiger partial charge in [0.1, 0.15) is 0 Å². The molecule has 1 aromatic rings. The van der Waals surface area contributed by atoms with E-state index in [-0.39, 0.29) is 0 Å². The molecule has 1 aliphatic heterocycles. The molecular weight excluding hydrogens is 344 g/mol. The third-order valence-corrected chi connectivity index (χ3v) is 7.19. The Labute approximate surface area is 140 Å². The molecule has 0 bridgehead atoms. The van der Waals surface area contributed by atoms with Crippen LogP contribution in [0.3, 0.4) is 0 Å². The summed E-state index contributed by atoms with van der Waals surface area (Å²) in [4.78, 5) is 4.84. The van der Waals surface area contributed by atoms with E-state index < -0.39 is 0 Å². The number of benzene rings is 1. The average Bonchev–Trinajstić information content (AvgIpc) is 2.48. The average molecular weight is 367 g/mol. The first-order chi connectivity index (χ1) is 10.1. The largest absolute Gasteiger partial charge is 0.335 e. The number of anilines is 1. The summed E-state index contributed by atoms with van der Waals surface area (Å²) in [7, 11) is 0. The van der Waals surface area contributed by atoms with Crippen LogP contribution in [0.4, 0.5) is 5.69 Å². The number of nitrogens with zero attached hydrogens (tertiary/aromatic N) is 1. The first kappa shape index (κ1) is 15.4. The molecule has 0 unspecified atom stereocenters. The van der Waals surface area contributed by atoms with E-state index >= 15 is 0 Å². The van der Waals surface area contributed by atoms with Crippen molar-refractivity contribution in [2.75, 3.05) is 17.6 Å². The van der Waals surface area contributed by atoms with Gasteiger partial charge in [-0.2, -0.15) is 0 Å². The monoisotopic (exact) mass is 366 g/mol. The van der Waals surface area contributed by atoms with Crippen LogP contribution in [0.1, 0.15) is 43.2 Å². The fourth-order valence-corrected chi connectivity index (χ4v) is 4.77. The van der Waals surface area contributed by atoms with Crippen LogP contribution in [-0.2, 0) is 0 Å².